The standard InChI is InChI=1S/C24H24F6N2O2/c1-13-7-17(23(25,26)27)9-15(21(13)33)11-31-19-5-3-4-6-20(19)32-12-16-10-18(24(28,29)30)8-14(2)22(16)34/h7-12,19-20,33-34H,3-6H2,1-2H3. The van der Waals surface area contributed by atoms with Crippen LogP contribution < -0.4 is 0 Å². The highest BCUT2D eigenvalue weighted by Gasteiger charge is 2.33. The van der Waals surface area contributed by atoms with Gasteiger partial charge >= 0.3 is 12.4 Å². The quantitative estimate of drug-likeness (QED) is 0.378. The molecule has 10 heteroatoms. The Kier molecular flexibility index (Phi) is 7.28. The predicted octanol–water partition coefficient (Wildman–Crippen LogP) is 6.60. The smallest absolute Gasteiger partial charge is 0.416 e. The summed E-state index contributed by atoms with van der Waals surface area (Å²) in [5.41, 5.74) is -1.84. The summed E-state index contributed by atoms with van der Waals surface area (Å²) in [6.07, 6.45) is -4.04. The van der Waals surface area contributed by atoms with Gasteiger partial charge in [-0.25, -0.2) is 0 Å². The molecule has 1 fully saturated rings. The highest BCUT2D eigenvalue weighted by atomic mass is 19.4. The molecule has 1 saturated carbocycles. The van der Waals surface area contributed by atoms with Crippen LogP contribution in [0.5, 0.6) is 11.5 Å². The van der Waals surface area contributed by atoms with E-state index in [1.807, 2.05) is 0 Å². The largest absolute Gasteiger partial charge is 0.507 e. The molecule has 0 amide bonds. The number of benzene rings is 2. The second kappa shape index (κ2) is 9.68. The Morgan fingerprint density at radius 3 is 1.38 bits per heavy atom. The molecule has 2 unspecified atom stereocenters. The van der Waals surface area contributed by atoms with E-state index in [4.69, 9.17) is 0 Å². The molecule has 0 saturated heterocycles. The predicted molar refractivity (Wildman–Crippen MR) is 117 cm³/mol. The number of phenols is 2. The summed E-state index contributed by atoms with van der Waals surface area (Å²) in [6, 6.07) is 2.46. The third-order valence-corrected chi connectivity index (χ3v) is 5.82. The minimum absolute atomic E-state index is 0.0601. The lowest BCUT2D eigenvalue weighted by Crippen LogP contribution is -2.27. The van der Waals surface area contributed by atoms with Crippen molar-refractivity contribution in [3.8, 4) is 11.5 Å². The van der Waals surface area contributed by atoms with Crippen LogP contribution >= 0.6 is 0 Å². The van der Waals surface area contributed by atoms with Crippen molar-refractivity contribution in [1.29, 1.82) is 0 Å². The fourth-order valence-corrected chi connectivity index (χ4v) is 3.93. The summed E-state index contributed by atoms with van der Waals surface area (Å²) in [6.45, 7) is 2.72. The lowest BCUT2D eigenvalue weighted by molar-refractivity contribution is -0.138. The van der Waals surface area contributed by atoms with Crippen LogP contribution in [0.15, 0.2) is 34.3 Å². The second-order valence-corrected chi connectivity index (χ2v) is 8.43. The van der Waals surface area contributed by atoms with Gasteiger partial charge in [-0.15, -0.1) is 0 Å². The summed E-state index contributed by atoms with van der Waals surface area (Å²) in [5, 5.41) is 20.4. The normalized spacial score (nSPS) is 19.9. The first kappa shape index (κ1) is 25.6. The maximum atomic E-state index is 13.1. The molecule has 0 spiro atoms. The van der Waals surface area contributed by atoms with E-state index >= 15 is 0 Å². The molecule has 0 bridgehead atoms. The average Bonchev–Trinajstić information content (AvgIpc) is 2.74. The number of rotatable bonds is 4. The van der Waals surface area contributed by atoms with Gasteiger partial charge in [0.15, 0.2) is 0 Å². The summed E-state index contributed by atoms with van der Waals surface area (Å²) in [7, 11) is 0. The number of hydrogen-bond donors (Lipinski definition) is 2. The van der Waals surface area contributed by atoms with Crippen molar-refractivity contribution in [1.82, 2.24) is 0 Å². The fourth-order valence-electron chi connectivity index (χ4n) is 3.93. The average molecular weight is 486 g/mol. The minimum Gasteiger partial charge on any atom is -0.507 e. The van der Waals surface area contributed by atoms with Gasteiger partial charge in [0.05, 0.1) is 23.2 Å². The maximum Gasteiger partial charge on any atom is 0.416 e. The lowest BCUT2D eigenvalue weighted by Gasteiger charge is -2.25. The Morgan fingerprint density at radius 2 is 1.06 bits per heavy atom. The molecule has 0 radical (unpaired) electrons. The molecule has 3 rings (SSSR count). The van der Waals surface area contributed by atoms with Gasteiger partial charge in [0, 0.05) is 23.6 Å². The van der Waals surface area contributed by atoms with Gasteiger partial charge in [-0.1, -0.05) is 12.8 Å². The Morgan fingerprint density at radius 1 is 0.706 bits per heavy atom. The highest BCUT2D eigenvalue weighted by Crippen LogP contribution is 2.35. The first-order valence-corrected chi connectivity index (χ1v) is 10.7. The molecule has 2 aromatic rings. The number of aromatic hydroxyl groups is 2. The molecular formula is C24H24F6N2O2. The molecule has 34 heavy (non-hydrogen) atoms. The first-order valence-electron chi connectivity index (χ1n) is 10.7. The van der Waals surface area contributed by atoms with Gasteiger partial charge in [-0.05, 0) is 62.1 Å². The van der Waals surface area contributed by atoms with Crippen LogP contribution in [0.2, 0.25) is 0 Å². The minimum atomic E-state index is -4.58. The summed E-state index contributed by atoms with van der Waals surface area (Å²) in [4.78, 5) is 8.72. The molecular weight excluding hydrogens is 462 g/mol. The molecule has 0 aromatic heterocycles. The van der Waals surface area contributed by atoms with Crippen molar-refractivity contribution in [2.75, 3.05) is 0 Å². The second-order valence-electron chi connectivity index (χ2n) is 8.43. The zero-order chi connectivity index (χ0) is 25.3. The van der Waals surface area contributed by atoms with E-state index in [0.717, 1.165) is 37.1 Å². The zero-order valence-electron chi connectivity index (χ0n) is 18.5. The summed E-state index contributed by atoms with van der Waals surface area (Å²) >= 11 is 0. The number of aliphatic imine (C=N–C) groups is 2. The van der Waals surface area contributed by atoms with Crippen molar-refractivity contribution in [3.05, 3.63) is 57.6 Å². The van der Waals surface area contributed by atoms with E-state index in [-0.39, 0.29) is 33.8 Å². The molecule has 0 heterocycles. The van der Waals surface area contributed by atoms with Gasteiger partial charge in [0.2, 0.25) is 0 Å². The van der Waals surface area contributed by atoms with Crippen molar-refractivity contribution >= 4 is 12.4 Å². The van der Waals surface area contributed by atoms with Gasteiger partial charge in [0.1, 0.15) is 11.5 Å². The number of halogens is 6. The number of phenolic OH excluding ortho intramolecular Hbond substituents is 2. The SMILES string of the molecule is Cc1cc(C(F)(F)F)cc(C=NC2CCCCC2N=Cc2cc(C(F)(F)F)cc(C)c2O)c1O. The molecule has 0 aliphatic heterocycles. The molecule has 2 N–H and O–H groups in total. The van der Waals surface area contributed by atoms with Gasteiger partial charge in [0.25, 0.3) is 0 Å². The van der Waals surface area contributed by atoms with E-state index in [0.29, 0.717) is 12.8 Å². The highest BCUT2D eigenvalue weighted by molar-refractivity contribution is 5.85. The summed E-state index contributed by atoms with van der Waals surface area (Å²) < 4.78 is 78.8. The van der Waals surface area contributed by atoms with Gasteiger partial charge in [-0.2, -0.15) is 26.3 Å². The third-order valence-electron chi connectivity index (χ3n) is 5.82. The number of hydrogen-bond acceptors (Lipinski definition) is 4. The molecule has 184 valence electrons. The zero-order valence-corrected chi connectivity index (χ0v) is 18.5. The van der Waals surface area contributed by atoms with E-state index in [9.17, 15) is 36.6 Å². The monoisotopic (exact) mass is 486 g/mol. The van der Waals surface area contributed by atoms with Gasteiger partial charge < -0.3 is 10.2 Å². The lowest BCUT2D eigenvalue weighted by atomic mass is 9.91. The van der Waals surface area contributed by atoms with E-state index in [1.165, 1.54) is 26.3 Å². The van der Waals surface area contributed by atoms with Crippen molar-refractivity contribution < 1.29 is 36.6 Å². The van der Waals surface area contributed by atoms with Crippen LogP contribution in [-0.4, -0.2) is 34.7 Å². The Bertz CT molecular complexity index is 1020. The Balaban J connectivity index is 1.88. The molecule has 4 nitrogen and oxygen atoms in total. The Hall–Kier alpha value is -3.04. The molecule has 2 atom stereocenters. The van der Waals surface area contributed by atoms with E-state index in [2.05, 4.69) is 9.98 Å². The van der Waals surface area contributed by atoms with Crippen LogP contribution in [0.4, 0.5) is 26.3 Å². The number of aryl methyl sites for hydroxylation is 2. The molecule has 1 aliphatic carbocycles. The third kappa shape index (κ3) is 5.90. The van der Waals surface area contributed by atoms with Crippen LogP contribution in [0, 0.1) is 13.8 Å². The van der Waals surface area contributed by atoms with Crippen molar-refractivity contribution in [2.45, 2.75) is 64.0 Å². The molecule has 1 aliphatic rings. The van der Waals surface area contributed by atoms with Crippen LogP contribution in [-0.2, 0) is 12.4 Å². The van der Waals surface area contributed by atoms with Crippen LogP contribution in [0.3, 0.4) is 0 Å². The van der Waals surface area contributed by atoms with E-state index in [1.54, 1.807) is 0 Å². The Labute approximate surface area is 192 Å². The van der Waals surface area contributed by atoms with Crippen LogP contribution in [0.1, 0.15) is 59.1 Å². The van der Waals surface area contributed by atoms with Crippen LogP contribution in [0.25, 0.3) is 0 Å². The molecule has 2 aromatic carbocycles. The van der Waals surface area contributed by atoms with Crippen molar-refractivity contribution in [2.24, 2.45) is 9.98 Å². The number of alkyl halides is 6. The number of nitrogens with zero attached hydrogens (tertiary/aromatic N) is 2. The van der Waals surface area contributed by atoms with Crippen molar-refractivity contribution in [3.63, 3.8) is 0 Å². The van der Waals surface area contributed by atoms with Gasteiger partial charge in [-0.3, -0.25) is 9.98 Å². The fraction of sp³-hybridized carbons (Fsp3) is 0.417. The topological polar surface area (TPSA) is 65.2 Å². The van der Waals surface area contributed by atoms with E-state index < -0.39 is 35.6 Å². The first-order chi connectivity index (χ1) is 15.8. The summed E-state index contributed by atoms with van der Waals surface area (Å²) in [5.74, 6) is -0.617. The maximum absolute atomic E-state index is 13.1.